The Bertz CT molecular complexity index is 402. The molecule has 1 heterocycles. The molecule has 2 rings (SSSR count). The van der Waals surface area contributed by atoms with Crippen LogP contribution in [-0.2, 0) is 6.42 Å². The average molecular weight is 255 g/mol. The molecular formula is C10H9NOS3. The summed E-state index contributed by atoms with van der Waals surface area (Å²) in [5.41, 5.74) is 1.15. The second kappa shape index (κ2) is 4.47. The number of benzene rings is 1. The first kappa shape index (κ1) is 10.9. The topological polar surface area (TPSA) is 32.3 Å². The number of aromatic hydroxyl groups is 1. The second-order valence-electron chi connectivity index (χ2n) is 3.25. The van der Waals surface area contributed by atoms with E-state index in [0.29, 0.717) is 0 Å². The molecule has 0 saturated carbocycles. The van der Waals surface area contributed by atoms with Gasteiger partial charge >= 0.3 is 0 Å². The minimum absolute atomic E-state index is 0.233. The van der Waals surface area contributed by atoms with Crippen LogP contribution in [-0.4, -0.2) is 19.7 Å². The van der Waals surface area contributed by atoms with Crippen LogP contribution in [0.2, 0.25) is 0 Å². The molecule has 1 atom stereocenters. The fourth-order valence-electron chi connectivity index (χ4n) is 1.37. The Labute approximate surface area is 103 Å². The van der Waals surface area contributed by atoms with Gasteiger partial charge in [0, 0.05) is 0 Å². The molecule has 2 nitrogen and oxygen atoms in total. The number of phenolic OH excluding ortho intramolecular Hbond substituents is 1. The van der Waals surface area contributed by atoms with Crippen LogP contribution in [0.1, 0.15) is 5.56 Å². The van der Waals surface area contributed by atoms with Gasteiger partial charge in [-0.25, -0.2) is 0 Å². The van der Waals surface area contributed by atoms with E-state index in [0.717, 1.165) is 21.3 Å². The van der Waals surface area contributed by atoms with Gasteiger partial charge in [-0.1, -0.05) is 48.3 Å². The Hall–Kier alpha value is -0.650. The maximum absolute atomic E-state index is 9.15. The van der Waals surface area contributed by atoms with Crippen molar-refractivity contribution in [2.45, 2.75) is 11.7 Å². The van der Waals surface area contributed by atoms with Crippen molar-refractivity contribution in [2.24, 2.45) is 0 Å². The van der Waals surface area contributed by atoms with E-state index in [1.807, 2.05) is 12.1 Å². The molecule has 0 aliphatic carbocycles. The maximum atomic E-state index is 9.15. The number of hydrogen-bond acceptors (Lipinski definition) is 4. The molecule has 2 N–H and O–H groups in total. The fraction of sp³-hybridized carbons (Fsp3) is 0.200. The zero-order valence-corrected chi connectivity index (χ0v) is 10.2. The summed E-state index contributed by atoms with van der Waals surface area (Å²) in [4.78, 5) is 0.804. The quantitative estimate of drug-likeness (QED) is 0.792. The van der Waals surface area contributed by atoms with E-state index in [2.05, 4.69) is 5.32 Å². The molecule has 1 aliphatic heterocycles. The van der Waals surface area contributed by atoms with Gasteiger partial charge in [-0.3, -0.25) is 0 Å². The molecule has 1 unspecified atom stereocenters. The molecule has 1 aromatic carbocycles. The average Bonchev–Trinajstić information content (AvgIpc) is 2.49. The van der Waals surface area contributed by atoms with Crippen LogP contribution in [0, 0.1) is 0 Å². The third-order valence-corrected chi connectivity index (χ3v) is 4.05. The SMILES string of the molecule is Oc1ccc(CC2SC(=S)NC2=S)cc1. The summed E-state index contributed by atoms with van der Waals surface area (Å²) in [5, 5.41) is 12.4. The number of thioether (sulfide) groups is 1. The zero-order chi connectivity index (χ0) is 10.8. The van der Waals surface area contributed by atoms with Gasteiger partial charge in [0.1, 0.15) is 10.1 Å². The first-order valence-electron chi connectivity index (χ1n) is 4.44. The predicted molar refractivity (Wildman–Crippen MR) is 71.5 cm³/mol. The van der Waals surface area contributed by atoms with Crippen molar-refractivity contribution < 1.29 is 5.11 Å². The molecule has 0 amide bonds. The highest BCUT2D eigenvalue weighted by Crippen LogP contribution is 2.24. The molecule has 1 aromatic rings. The molecular weight excluding hydrogens is 246 g/mol. The van der Waals surface area contributed by atoms with Crippen LogP contribution in [0.25, 0.3) is 0 Å². The van der Waals surface area contributed by atoms with Gasteiger partial charge in [0.25, 0.3) is 0 Å². The first-order chi connectivity index (χ1) is 7.15. The Balaban J connectivity index is 2.06. The standard InChI is InChI=1S/C10H9NOS3/c12-7-3-1-6(2-4-7)5-8-9(13)11-10(14)15-8/h1-4,8,12H,5H2,(H,11,13,14). The summed E-state index contributed by atoms with van der Waals surface area (Å²) >= 11 is 11.8. The minimum atomic E-state index is 0.233. The lowest BCUT2D eigenvalue weighted by atomic mass is 10.1. The molecule has 78 valence electrons. The third-order valence-electron chi connectivity index (χ3n) is 2.12. The first-order valence-corrected chi connectivity index (χ1v) is 6.14. The van der Waals surface area contributed by atoms with E-state index < -0.39 is 0 Å². The van der Waals surface area contributed by atoms with Crippen LogP contribution < -0.4 is 5.32 Å². The Morgan fingerprint density at radius 2 is 1.93 bits per heavy atom. The highest BCUT2D eigenvalue weighted by molar-refractivity contribution is 8.25. The van der Waals surface area contributed by atoms with Gasteiger partial charge in [0.05, 0.1) is 10.2 Å². The van der Waals surface area contributed by atoms with Crippen molar-refractivity contribution in [3.05, 3.63) is 29.8 Å². The molecule has 0 radical (unpaired) electrons. The molecule has 5 heteroatoms. The monoisotopic (exact) mass is 255 g/mol. The van der Waals surface area contributed by atoms with Crippen molar-refractivity contribution in [3.63, 3.8) is 0 Å². The lowest BCUT2D eigenvalue weighted by Crippen LogP contribution is -2.23. The molecule has 0 bridgehead atoms. The molecule has 1 saturated heterocycles. The van der Waals surface area contributed by atoms with Crippen LogP contribution in [0.15, 0.2) is 24.3 Å². The van der Waals surface area contributed by atoms with Crippen molar-refractivity contribution >= 4 is 45.5 Å². The van der Waals surface area contributed by atoms with Crippen LogP contribution in [0.4, 0.5) is 0 Å². The van der Waals surface area contributed by atoms with E-state index in [4.69, 9.17) is 29.5 Å². The highest BCUT2D eigenvalue weighted by Gasteiger charge is 2.25. The number of thiocarbonyl (C=S) groups is 2. The van der Waals surface area contributed by atoms with E-state index in [9.17, 15) is 0 Å². The highest BCUT2D eigenvalue weighted by atomic mass is 32.2. The molecule has 15 heavy (non-hydrogen) atoms. The summed E-state index contributed by atoms with van der Waals surface area (Å²) in [6.45, 7) is 0. The van der Waals surface area contributed by atoms with Crippen LogP contribution in [0.5, 0.6) is 5.75 Å². The number of hydrogen-bond donors (Lipinski definition) is 2. The number of phenols is 1. The lowest BCUT2D eigenvalue weighted by molar-refractivity contribution is 0.475. The summed E-state index contributed by atoms with van der Waals surface area (Å²) in [5.74, 6) is 0.286. The van der Waals surface area contributed by atoms with Crippen molar-refractivity contribution in [2.75, 3.05) is 0 Å². The Kier molecular flexibility index (Phi) is 3.23. The van der Waals surface area contributed by atoms with E-state index in [-0.39, 0.29) is 11.0 Å². The zero-order valence-electron chi connectivity index (χ0n) is 7.77. The van der Waals surface area contributed by atoms with E-state index in [1.54, 1.807) is 23.9 Å². The van der Waals surface area contributed by atoms with Gasteiger partial charge in [-0.2, -0.15) is 0 Å². The minimum Gasteiger partial charge on any atom is -0.508 e. The molecule has 0 aromatic heterocycles. The van der Waals surface area contributed by atoms with Gasteiger partial charge in [0.15, 0.2) is 0 Å². The second-order valence-corrected chi connectivity index (χ2v) is 5.57. The Morgan fingerprint density at radius 1 is 1.27 bits per heavy atom. The predicted octanol–water partition coefficient (Wildman–Crippen LogP) is 2.25. The normalized spacial score (nSPS) is 20.4. The number of rotatable bonds is 2. The summed E-state index contributed by atoms with van der Waals surface area (Å²) in [6, 6.07) is 7.17. The van der Waals surface area contributed by atoms with Gasteiger partial charge in [0.2, 0.25) is 0 Å². The summed E-state index contributed by atoms with van der Waals surface area (Å²) in [6.07, 6.45) is 0.844. The smallest absolute Gasteiger partial charge is 0.139 e. The van der Waals surface area contributed by atoms with E-state index in [1.165, 1.54) is 0 Å². The summed E-state index contributed by atoms with van der Waals surface area (Å²) < 4.78 is 0.753. The lowest BCUT2D eigenvalue weighted by Gasteiger charge is -2.07. The molecule has 0 spiro atoms. The third kappa shape index (κ3) is 2.68. The van der Waals surface area contributed by atoms with E-state index >= 15 is 0 Å². The fourth-order valence-corrected chi connectivity index (χ4v) is 3.16. The van der Waals surface area contributed by atoms with Crippen LogP contribution in [0.3, 0.4) is 0 Å². The maximum Gasteiger partial charge on any atom is 0.139 e. The Morgan fingerprint density at radius 3 is 2.47 bits per heavy atom. The van der Waals surface area contributed by atoms with Gasteiger partial charge < -0.3 is 10.4 Å². The van der Waals surface area contributed by atoms with Crippen molar-refractivity contribution in [1.29, 1.82) is 0 Å². The molecule has 1 fully saturated rings. The van der Waals surface area contributed by atoms with Crippen molar-refractivity contribution in [3.8, 4) is 5.75 Å². The van der Waals surface area contributed by atoms with Crippen molar-refractivity contribution in [1.82, 2.24) is 5.32 Å². The van der Waals surface area contributed by atoms with Gasteiger partial charge in [-0.05, 0) is 24.1 Å². The number of nitrogens with one attached hydrogen (secondary N) is 1. The van der Waals surface area contributed by atoms with Crippen LogP contribution >= 0.6 is 36.2 Å². The largest absolute Gasteiger partial charge is 0.508 e. The molecule has 1 aliphatic rings. The van der Waals surface area contributed by atoms with Gasteiger partial charge in [-0.15, -0.1) is 0 Å². The summed E-state index contributed by atoms with van der Waals surface area (Å²) in [7, 11) is 0.